The van der Waals surface area contributed by atoms with Crippen LogP contribution in [0.4, 0.5) is 0 Å². The van der Waals surface area contributed by atoms with E-state index in [1.165, 1.54) is 10.6 Å². The Morgan fingerprint density at radius 1 is 1.41 bits per heavy atom. The maximum absolute atomic E-state index is 12.0. The van der Waals surface area contributed by atoms with Gasteiger partial charge in [0.1, 0.15) is 17.1 Å². The van der Waals surface area contributed by atoms with Crippen molar-refractivity contribution in [2.45, 2.75) is 45.3 Å². The van der Waals surface area contributed by atoms with E-state index in [4.69, 9.17) is 9.47 Å². The van der Waals surface area contributed by atoms with Gasteiger partial charge in [-0.2, -0.15) is 4.31 Å². The minimum absolute atomic E-state index is 0.251. The number of nitrogens with zero attached hydrogens (tertiary/aromatic N) is 1. The summed E-state index contributed by atoms with van der Waals surface area (Å²) in [5, 5.41) is 0. The lowest BCUT2D eigenvalue weighted by atomic mass is 9.89. The number of rotatable bonds is 5. The largest absolute Gasteiger partial charge is 0.494 e. The highest BCUT2D eigenvalue weighted by Crippen LogP contribution is 2.44. The lowest BCUT2D eigenvalue weighted by molar-refractivity contribution is 0.0540. The van der Waals surface area contributed by atoms with E-state index in [1.807, 2.05) is 39.0 Å². The second kappa shape index (κ2) is 6.08. The van der Waals surface area contributed by atoms with Crippen LogP contribution in [0.25, 0.3) is 0 Å². The topological polar surface area (TPSA) is 55.8 Å². The first-order valence-corrected chi connectivity index (χ1v) is 9.37. The summed E-state index contributed by atoms with van der Waals surface area (Å²) < 4.78 is 37.0. The normalized spacial score (nSPS) is 20.4. The monoisotopic (exact) mass is 327 g/mol. The van der Waals surface area contributed by atoms with Gasteiger partial charge in [-0.3, -0.25) is 0 Å². The zero-order valence-corrected chi connectivity index (χ0v) is 14.7. The van der Waals surface area contributed by atoms with E-state index in [2.05, 4.69) is 0 Å². The molecule has 0 bridgehead atoms. The van der Waals surface area contributed by atoms with Gasteiger partial charge in [0.25, 0.3) is 0 Å². The predicted octanol–water partition coefficient (Wildman–Crippen LogP) is 2.97. The van der Waals surface area contributed by atoms with Crippen LogP contribution >= 0.6 is 0 Å². The summed E-state index contributed by atoms with van der Waals surface area (Å²) in [4.78, 5) is 0. The van der Waals surface area contributed by atoms with Crippen molar-refractivity contribution >= 4 is 10.0 Å². The van der Waals surface area contributed by atoms with Crippen molar-refractivity contribution in [3.8, 4) is 11.5 Å². The Balaban J connectivity index is 2.43. The molecule has 124 valence electrons. The van der Waals surface area contributed by atoms with Gasteiger partial charge in [-0.25, -0.2) is 8.42 Å². The molecule has 2 rings (SSSR count). The fourth-order valence-corrected chi connectivity index (χ4v) is 3.31. The van der Waals surface area contributed by atoms with E-state index in [1.54, 1.807) is 7.05 Å². The summed E-state index contributed by atoms with van der Waals surface area (Å²) in [5.74, 6) is 1.47. The van der Waals surface area contributed by atoms with Gasteiger partial charge in [0.05, 0.1) is 18.9 Å². The smallest absolute Gasteiger partial charge is 0.211 e. The van der Waals surface area contributed by atoms with Crippen LogP contribution in [-0.2, 0) is 10.0 Å². The van der Waals surface area contributed by atoms with E-state index in [-0.39, 0.29) is 6.04 Å². The number of benzene rings is 1. The fourth-order valence-electron chi connectivity index (χ4n) is 2.66. The molecule has 0 fully saturated rings. The molecule has 1 aromatic rings. The summed E-state index contributed by atoms with van der Waals surface area (Å²) in [5.41, 5.74) is 0.448. The van der Waals surface area contributed by atoms with Crippen molar-refractivity contribution in [1.29, 1.82) is 0 Å². The van der Waals surface area contributed by atoms with Crippen LogP contribution in [0.2, 0.25) is 0 Å². The standard InChI is InChI=1S/C16H25NO4S/c1-6-9-20-12-7-8-15-13(10-12)14(11-16(2,3)21-15)17(4)22(5,18)19/h7-8,10,14H,6,9,11H2,1-5H3. The van der Waals surface area contributed by atoms with Gasteiger partial charge < -0.3 is 9.47 Å². The second-order valence-corrected chi connectivity index (χ2v) is 8.45. The zero-order chi connectivity index (χ0) is 16.5. The molecule has 0 saturated carbocycles. The highest BCUT2D eigenvalue weighted by molar-refractivity contribution is 7.88. The van der Waals surface area contributed by atoms with Crippen LogP contribution in [0, 0.1) is 0 Å². The molecule has 1 atom stereocenters. The van der Waals surface area contributed by atoms with Gasteiger partial charge >= 0.3 is 0 Å². The molecule has 1 aliphatic heterocycles. The number of hydrogen-bond donors (Lipinski definition) is 0. The molecule has 1 heterocycles. The Labute approximate surface area is 133 Å². The van der Waals surface area contributed by atoms with Crippen LogP contribution in [0.5, 0.6) is 11.5 Å². The third-order valence-electron chi connectivity index (χ3n) is 3.85. The quantitative estimate of drug-likeness (QED) is 0.834. The maximum Gasteiger partial charge on any atom is 0.211 e. The Kier molecular flexibility index (Phi) is 4.73. The SMILES string of the molecule is CCCOc1ccc2c(c1)C(N(C)S(C)(=O)=O)CC(C)(C)O2. The minimum atomic E-state index is -3.29. The third kappa shape index (κ3) is 3.73. The summed E-state index contributed by atoms with van der Waals surface area (Å²) in [7, 11) is -1.67. The van der Waals surface area contributed by atoms with Crippen molar-refractivity contribution in [2.75, 3.05) is 19.9 Å². The molecule has 1 unspecified atom stereocenters. The molecule has 6 heteroatoms. The molecule has 0 spiro atoms. The number of hydrogen-bond acceptors (Lipinski definition) is 4. The molecule has 1 aromatic carbocycles. The van der Waals surface area contributed by atoms with E-state index >= 15 is 0 Å². The predicted molar refractivity (Wildman–Crippen MR) is 86.9 cm³/mol. The summed E-state index contributed by atoms with van der Waals surface area (Å²) in [6.45, 7) is 6.63. The summed E-state index contributed by atoms with van der Waals surface area (Å²) in [6.07, 6.45) is 2.75. The maximum atomic E-state index is 12.0. The van der Waals surface area contributed by atoms with E-state index in [9.17, 15) is 8.42 Å². The van der Waals surface area contributed by atoms with E-state index in [0.29, 0.717) is 13.0 Å². The van der Waals surface area contributed by atoms with Gasteiger partial charge in [-0.1, -0.05) is 6.92 Å². The number of sulfonamides is 1. The van der Waals surface area contributed by atoms with Crippen molar-refractivity contribution in [3.63, 3.8) is 0 Å². The van der Waals surface area contributed by atoms with E-state index in [0.717, 1.165) is 23.5 Å². The second-order valence-electron chi connectivity index (χ2n) is 6.41. The summed E-state index contributed by atoms with van der Waals surface area (Å²) in [6, 6.07) is 5.38. The zero-order valence-electron chi connectivity index (χ0n) is 13.9. The third-order valence-corrected chi connectivity index (χ3v) is 5.15. The van der Waals surface area contributed by atoms with Crippen LogP contribution in [-0.4, -0.2) is 38.2 Å². The molecule has 0 aliphatic carbocycles. The Bertz CT molecular complexity index is 640. The van der Waals surface area contributed by atoms with E-state index < -0.39 is 15.6 Å². The highest BCUT2D eigenvalue weighted by atomic mass is 32.2. The Morgan fingerprint density at radius 2 is 2.09 bits per heavy atom. The minimum Gasteiger partial charge on any atom is -0.494 e. The summed E-state index contributed by atoms with van der Waals surface area (Å²) >= 11 is 0. The molecular formula is C16H25NO4S. The van der Waals surface area contributed by atoms with Gasteiger partial charge in [0, 0.05) is 19.0 Å². The first-order valence-electron chi connectivity index (χ1n) is 7.53. The first kappa shape index (κ1) is 17.1. The van der Waals surface area contributed by atoms with Gasteiger partial charge in [0.15, 0.2) is 0 Å². The molecule has 0 amide bonds. The average molecular weight is 327 g/mol. The average Bonchev–Trinajstić information content (AvgIpc) is 2.41. The van der Waals surface area contributed by atoms with Crippen LogP contribution in [0.1, 0.15) is 45.2 Å². The number of fused-ring (bicyclic) bond motifs is 1. The molecule has 0 N–H and O–H groups in total. The van der Waals surface area contributed by atoms with Crippen LogP contribution < -0.4 is 9.47 Å². The highest BCUT2D eigenvalue weighted by Gasteiger charge is 2.38. The fraction of sp³-hybridized carbons (Fsp3) is 0.625. The molecule has 0 radical (unpaired) electrons. The first-order chi connectivity index (χ1) is 10.1. The van der Waals surface area contributed by atoms with Crippen molar-refractivity contribution in [1.82, 2.24) is 4.31 Å². The molecular weight excluding hydrogens is 302 g/mol. The molecule has 22 heavy (non-hydrogen) atoms. The Morgan fingerprint density at radius 3 is 2.68 bits per heavy atom. The Hall–Kier alpha value is -1.27. The van der Waals surface area contributed by atoms with Crippen molar-refractivity contribution < 1.29 is 17.9 Å². The van der Waals surface area contributed by atoms with Gasteiger partial charge in [-0.05, 0) is 38.5 Å². The lowest BCUT2D eigenvalue weighted by Crippen LogP contribution is -2.41. The van der Waals surface area contributed by atoms with Crippen LogP contribution in [0.3, 0.4) is 0 Å². The lowest BCUT2D eigenvalue weighted by Gasteiger charge is -2.40. The number of ether oxygens (including phenoxy) is 2. The molecule has 5 nitrogen and oxygen atoms in total. The van der Waals surface area contributed by atoms with Gasteiger partial charge in [0.2, 0.25) is 10.0 Å². The van der Waals surface area contributed by atoms with Crippen LogP contribution in [0.15, 0.2) is 18.2 Å². The molecule has 0 aromatic heterocycles. The van der Waals surface area contributed by atoms with Gasteiger partial charge in [-0.15, -0.1) is 0 Å². The molecule has 0 saturated heterocycles. The van der Waals surface area contributed by atoms with Crippen molar-refractivity contribution in [2.24, 2.45) is 0 Å². The van der Waals surface area contributed by atoms with Crippen molar-refractivity contribution in [3.05, 3.63) is 23.8 Å². The molecule has 1 aliphatic rings.